The maximum Gasteiger partial charge on any atom is 0.407 e. The molecule has 0 aromatic heterocycles. The molecule has 1 aliphatic carbocycles. The lowest BCUT2D eigenvalue weighted by Gasteiger charge is -2.38. The Balaban J connectivity index is 1.40. The van der Waals surface area contributed by atoms with Crippen LogP contribution in [0.2, 0.25) is 5.02 Å². The molecule has 5 rings (SSSR count). The monoisotopic (exact) mass is 678 g/mol. The Morgan fingerprint density at radius 1 is 1.09 bits per heavy atom. The Morgan fingerprint density at radius 3 is 2.52 bits per heavy atom. The van der Waals surface area contributed by atoms with Crippen LogP contribution in [0.25, 0.3) is 0 Å². The van der Waals surface area contributed by atoms with Crippen molar-refractivity contribution in [3.63, 3.8) is 0 Å². The first-order chi connectivity index (χ1) is 22.1. The van der Waals surface area contributed by atoms with Gasteiger partial charge in [-0.25, -0.2) is 17.6 Å². The van der Waals surface area contributed by atoms with E-state index in [1.807, 2.05) is 12.1 Å². The summed E-state index contributed by atoms with van der Waals surface area (Å²) in [4.78, 5) is 26.8. The molecule has 2 bridgehead atoms. The van der Waals surface area contributed by atoms with E-state index in [0.29, 0.717) is 31.0 Å². The molecular formula is C33H44ClFN4O6S. The van der Waals surface area contributed by atoms with Crippen LogP contribution < -0.4 is 16.0 Å². The molecule has 3 aliphatic rings. The smallest absolute Gasteiger partial charge is 0.407 e. The topological polar surface area (TPSA) is 126 Å². The minimum absolute atomic E-state index is 0.0330. The fourth-order valence-corrected chi connectivity index (χ4v) is 9.24. The van der Waals surface area contributed by atoms with Gasteiger partial charge in [-0.3, -0.25) is 4.79 Å². The van der Waals surface area contributed by atoms with Crippen molar-refractivity contribution in [3.05, 3.63) is 64.4 Å². The zero-order valence-electron chi connectivity index (χ0n) is 26.3. The molecule has 2 saturated heterocycles. The summed E-state index contributed by atoms with van der Waals surface area (Å²) < 4.78 is 53.4. The molecule has 0 radical (unpaired) electrons. The number of nitrogens with zero attached hydrogens (tertiary/aromatic N) is 1. The number of amides is 2. The van der Waals surface area contributed by atoms with E-state index in [1.54, 1.807) is 29.6 Å². The molecule has 5 atom stereocenters. The van der Waals surface area contributed by atoms with Crippen molar-refractivity contribution >= 4 is 39.3 Å². The highest BCUT2D eigenvalue weighted by Crippen LogP contribution is 2.40. The van der Waals surface area contributed by atoms with Crippen LogP contribution in [0.3, 0.4) is 0 Å². The van der Waals surface area contributed by atoms with E-state index < -0.39 is 39.8 Å². The Labute approximate surface area is 275 Å². The summed E-state index contributed by atoms with van der Waals surface area (Å²) in [5, 5.41) is 9.67. The third-order valence-corrected chi connectivity index (χ3v) is 12.0. The molecule has 10 nitrogen and oxygen atoms in total. The summed E-state index contributed by atoms with van der Waals surface area (Å²) >= 11 is 6.21. The lowest BCUT2D eigenvalue weighted by atomic mass is 9.72. The Morgan fingerprint density at radius 2 is 1.83 bits per heavy atom. The molecule has 2 aromatic rings. The first-order valence-corrected chi connectivity index (χ1v) is 18.0. The second-order valence-electron chi connectivity index (χ2n) is 12.5. The highest BCUT2D eigenvalue weighted by molar-refractivity contribution is 7.89. The summed E-state index contributed by atoms with van der Waals surface area (Å²) in [5.41, 5.74) is 1.40. The SMILES string of the molecule is COC(=O)N[C@H](C(=O)Nc1cccc(F)c1CC[C@H]1CN[C@@H]2CCCS(=O)(=O)N1C2)[C@@H](c1ccc(Cl)cc1)C1CCC(OC)CC1. The third-order valence-electron chi connectivity index (χ3n) is 9.78. The number of anilines is 1. The van der Waals surface area contributed by atoms with E-state index in [2.05, 4.69) is 16.0 Å². The van der Waals surface area contributed by atoms with Crippen LogP contribution in [0.5, 0.6) is 0 Å². The standard InChI is InChI=1S/C33H44ClFN4O6S/c1-44-26-15-10-22(11-16-26)30(21-8-12-23(34)13-9-21)31(38-33(41)45-2)32(40)37-29-7-3-6-28(35)27(29)17-14-25-19-36-24-5-4-18-46(42,43)39(25)20-24/h3,6-9,12-13,22,24-26,30-31,36H,4-5,10-11,14-20H2,1-2H3,(H,37,40)(H,38,41)/t22?,24-,25+,26?,30+,31+/m1/s1. The number of methoxy groups -OCH3 is 2. The molecule has 1 unspecified atom stereocenters. The van der Waals surface area contributed by atoms with E-state index in [1.165, 1.54) is 19.2 Å². The molecule has 46 heavy (non-hydrogen) atoms. The van der Waals surface area contributed by atoms with Crippen molar-refractivity contribution < 1.29 is 31.9 Å². The molecule has 3 N–H and O–H groups in total. The second-order valence-corrected chi connectivity index (χ2v) is 15.0. The first-order valence-electron chi connectivity index (χ1n) is 16.0. The van der Waals surface area contributed by atoms with E-state index in [-0.39, 0.29) is 47.5 Å². The van der Waals surface area contributed by atoms with Crippen LogP contribution in [-0.2, 0) is 30.7 Å². The number of hydrogen-bond acceptors (Lipinski definition) is 7. The van der Waals surface area contributed by atoms with Gasteiger partial charge < -0.3 is 25.4 Å². The second kappa shape index (κ2) is 15.4. The number of hydrogen-bond donors (Lipinski definition) is 3. The van der Waals surface area contributed by atoms with E-state index in [4.69, 9.17) is 21.1 Å². The molecule has 252 valence electrons. The van der Waals surface area contributed by atoms with E-state index >= 15 is 4.39 Å². The predicted molar refractivity (Wildman–Crippen MR) is 175 cm³/mol. The van der Waals surface area contributed by atoms with Crippen LogP contribution in [0.15, 0.2) is 42.5 Å². The van der Waals surface area contributed by atoms with E-state index in [9.17, 15) is 18.0 Å². The van der Waals surface area contributed by atoms with Crippen molar-refractivity contribution in [2.24, 2.45) is 5.92 Å². The molecule has 13 heteroatoms. The zero-order valence-corrected chi connectivity index (χ0v) is 27.9. The molecule has 2 aromatic carbocycles. The highest BCUT2D eigenvalue weighted by Gasteiger charge is 2.40. The summed E-state index contributed by atoms with van der Waals surface area (Å²) in [6, 6.07) is 10.5. The number of alkyl carbamates (subject to hydrolysis) is 1. The van der Waals surface area contributed by atoms with Crippen LogP contribution in [-0.4, -0.2) is 82.0 Å². The van der Waals surface area contributed by atoms with Crippen molar-refractivity contribution in [1.29, 1.82) is 0 Å². The predicted octanol–water partition coefficient (Wildman–Crippen LogP) is 4.83. The Hall–Kier alpha value is -2.77. The van der Waals surface area contributed by atoms with Crippen LogP contribution in [0.4, 0.5) is 14.9 Å². The molecule has 2 heterocycles. The lowest BCUT2D eigenvalue weighted by molar-refractivity contribution is -0.119. The van der Waals surface area contributed by atoms with Gasteiger partial charge in [-0.05, 0) is 87.1 Å². The van der Waals surface area contributed by atoms with Crippen molar-refractivity contribution in [2.75, 3.05) is 38.4 Å². The van der Waals surface area contributed by atoms with Gasteiger partial charge in [0, 0.05) is 54.5 Å². The number of carbonyl (C=O) groups is 2. The quantitative estimate of drug-likeness (QED) is 0.329. The average Bonchev–Trinajstić information content (AvgIpc) is 3.16. The van der Waals surface area contributed by atoms with Gasteiger partial charge in [-0.1, -0.05) is 29.8 Å². The first kappa shape index (κ1) is 34.6. The maximum atomic E-state index is 15.4. The molecule has 3 fully saturated rings. The van der Waals surface area contributed by atoms with Crippen molar-refractivity contribution in [2.45, 2.75) is 81.5 Å². The number of rotatable bonds is 10. The maximum absolute atomic E-state index is 15.4. The number of benzene rings is 2. The van der Waals surface area contributed by atoms with E-state index in [0.717, 1.165) is 37.7 Å². The van der Waals surface area contributed by atoms with Gasteiger partial charge in [0.05, 0.1) is 19.0 Å². The summed E-state index contributed by atoms with van der Waals surface area (Å²) in [5.74, 6) is -1.29. The molecule has 1 saturated carbocycles. The zero-order chi connectivity index (χ0) is 32.8. The van der Waals surface area contributed by atoms with Gasteiger partial charge in [0.25, 0.3) is 0 Å². The van der Waals surface area contributed by atoms with Gasteiger partial charge in [0.1, 0.15) is 11.9 Å². The summed E-state index contributed by atoms with van der Waals surface area (Å²) in [6.45, 7) is 0.895. The molecule has 0 spiro atoms. The fraction of sp³-hybridized carbons (Fsp3) is 0.576. The fourth-order valence-electron chi connectivity index (χ4n) is 7.31. The van der Waals surface area contributed by atoms with Gasteiger partial charge in [-0.2, -0.15) is 4.31 Å². The number of nitrogens with one attached hydrogen (secondary N) is 3. The normalized spacial score (nSPS) is 27.1. The van der Waals surface area contributed by atoms with Gasteiger partial charge in [0.15, 0.2) is 0 Å². The lowest BCUT2D eigenvalue weighted by Crippen LogP contribution is -2.57. The summed E-state index contributed by atoms with van der Waals surface area (Å²) in [6.07, 6.45) is 4.56. The van der Waals surface area contributed by atoms with Crippen LogP contribution in [0.1, 0.15) is 62.0 Å². The number of ether oxygens (including phenoxy) is 2. The Kier molecular flexibility index (Phi) is 11.6. The average molecular weight is 679 g/mol. The molecular weight excluding hydrogens is 635 g/mol. The van der Waals surface area contributed by atoms with Crippen molar-refractivity contribution in [1.82, 2.24) is 14.9 Å². The number of carbonyl (C=O) groups excluding carboxylic acids is 2. The Bertz CT molecular complexity index is 1470. The van der Waals surface area contributed by atoms with Gasteiger partial charge in [0.2, 0.25) is 15.9 Å². The minimum atomic E-state index is -3.40. The van der Waals surface area contributed by atoms with Crippen LogP contribution in [0, 0.1) is 11.7 Å². The summed E-state index contributed by atoms with van der Waals surface area (Å²) in [7, 11) is -0.468. The van der Waals surface area contributed by atoms with Gasteiger partial charge in [-0.15, -0.1) is 0 Å². The van der Waals surface area contributed by atoms with Gasteiger partial charge >= 0.3 is 6.09 Å². The molecule has 2 amide bonds. The van der Waals surface area contributed by atoms with Crippen molar-refractivity contribution in [3.8, 4) is 0 Å². The number of sulfonamides is 1. The highest BCUT2D eigenvalue weighted by atomic mass is 35.5. The molecule has 2 aliphatic heterocycles. The van der Waals surface area contributed by atoms with Crippen LogP contribution >= 0.6 is 11.6 Å². The number of halogens is 2. The minimum Gasteiger partial charge on any atom is -0.453 e. The largest absolute Gasteiger partial charge is 0.453 e. The number of piperazine rings is 1. The third kappa shape index (κ3) is 8.20. The number of fused-ring (bicyclic) bond motifs is 2.